The van der Waals surface area contributed by atoms with E-state index in [9.17, 15) is 13.2 Å². The third-order valence-corrected chi connectivity index (χ3v) is 8.31. The van der Waals surface area contributed by atoms with Crippen molar-refractivity contribution in [3.8, 4) is 5.75 Å². The van der Waals surface area contributed by atoms with E-state index in [-0.39, 0.29) is 10.8 Å². The van der Waals surface area contributed by atoms with E-state index in [1.165, 1.54) is 46.1 Å². The second-order valence-corrected chi connectivity index (χ2v) is 10.3. The van der Waals surface area contributed by atoms with E-state index in [1.807, 2.05) is 12.1 Å². The number of carbonyl (C=O) groups is 1. The minimum Gasteiger partial charge on any atom is -0.495 e. The quantitative estimate of drug-likeness (QED) is 0.611. The smallest absolute Gasteiger partial charge is 0.243 e. The maximum atomic E-state index is 13.2. The van der Waals surface area contributed by atoms with E-state index in [0.29, 0.717) is 37.6 Å². The fraction of sp³-hybridized carbons (Fsp3) is 0.318. The van der Waals surface area contributed by atoms with E-state index in [0.717, 1.165) is 6.54 Å². The van der Waals surface area contributed by atoms with Crippen LogP contribution in [0.25, 0.3) is 10.1 Å². The Balaban J connectivity index is 1.46. The molecule has 0 atom stereocenters. The Hall–Kier alpha value is -2.46. The molecule has 1 saturated heterocycles. The van der Waals surface area contributed by atoms with Crippen LogP contribution in [0.1, 0.15) is 12.5 Å². The van der Waals surface area contributed by atoms with Crippen molar-refractivity contribution in [1.82, 2.24) is 9.21 Å². The van der Waals surface area contributed by atoms with Crippen molar-refractivity contribution in [1.29, 1.82) is 0 Å². The lowest BCUT2D eigenvalue weighted by Gasteiger charge is -2.34. The summed E-state index contributed by atoms with van der Waals surface area (Å²) in [7, 11) is -2.19. The van der Waals surface area contributed by atoms with Gasteiger partial charge in [-0.15, -0.1) is 11.3 Å². The summed E-state index contributed by atoms with van der Waals surface area (Å²) < 4.78 is 34.4. The van der Waals surface area contributed by atoms with Crippen molar-refractivity contribution in [3.05, 3.63) is 53.4 Å². The molecule has 0 spiro atoms. The van der Waals surface area contributed by atoms with Crippen LogP contribution in [-0.4, -0.2) is 56.8 Å². The number of benzene rings is 2. The first-order valence-corrected chi connectivity index (χ1v) is 12.3. The Labute approximate surface area is 186 Å². The zero-order chi connectivity index (χ0) is 22.0. The molecule has 7 nitrogen and oxygen atoms in total. The number of hydrogen-bond acceptors (Lipinski definition) is 6. The summed E-state index contributed by atoms with van der Waals surface area (Å²) in [4.78, 5) is 13.9. The number of ether oxygens (including phenoxy) is 1. The van der Waals surface area contributed by atoms with Crippen LogP contribution in [-0.2, 0) is 21.4 Å². The SMILES string of the molecule is COc1ccc(S(=O)(=O)N2CCN(Cc3csc4ccccc34)CC2)cc1NC(C)=O. The van der Waals surface area contributed by atoms with Crippen LogP contribution < -0.4 is 10.1 Å². The van der Waals surface area contributed by atoms with Gasteiger partial charge in [-0.25, -0.2) is 8.42 Å². The Morgan fingerprint density at radius 1 is 1.13 bits per heavy atom. The molecule has 2 heterocycles. The van der Waals surface area contributed by atoms with Crippen LogP contribution in [0.4, 0.5) is 5.69 Å². The fourth-order valence-corrected chi connectivity index (χ4v) is 6.21. The second-order valence-electron chi connectivity index (χ2n) is 7.48. The van der Waals surface area contributed by atoms with Gasteiger partial charge in [-0.2, -0.15) is 4.31 Å². The number of rotatable bonds is 6. The monoisotopic (exact) mass is 459 g/mol. The fourth-order valence-electron chi connectivity index (χ4n) is 3.81. The van der Waals surface area contributed by atoms with Gasteiger partial charge in [0.15, 0.2) is 0 Å². The number of thiophene rings is 1. The van der Waals surface area contributed by atoms with Crippen molar-refractivity contribution >= 4 is 43.0 Å². The maximum Gasteiger partial charge on any atom is 0.243 e. The van der Waals surface area contributed by atoms with Gasteiger partial charge < -0.3 is 10.1 Å². The number of amides is 1. The number of carbonyl (C=O) groups excluding carboxylic acids is 1. The topological polar surface area (TPSA) is 79.0 Å². The maximum absolute atomic E-state index is 13.2. The molecule has 1 aliphatic rings. The first-order valence-electron chi connectivity index (χ1n) is 10.0. The number of fused-ring (bicyclic) bond motifs is 1. The molecular weight excluding hydrogens is 434 g/mol. The number of nitrogens with zero attached hydrogens (tertiary/aromatic N) is 2. The molecule has 1 amide bonds. The molecule has 4 rings (SSSR count). The van der Waals surface area contributed by atoms with Gasteiger partial charge in [0, 0.05) is 44.3 Å². The largest absolute Gasteiger partial charge is 0.495 e. The van der Waals surface area contributed by atoms with E-state index < -0.39 is 10.0 Å². The van der Waals surface area contributed by atoms with Crippen molar-refractivity contribution < 1.29 is 17.9 Å². The molecule has 164 valence electrons. The molecule has 1 N–H and O–H groups in total. The summed E-state index contributed by atoms with van der Waals surface area (Å²) in [5.41, 5.74) is 1.63. The normalized spacial score (nSPS) is 15.8. The van der Waals surface area contributed by atoms with Crippen LogP contribution >= 0.6 is 11.3 Å². The Morgan fingerprint density at radius 3 is 2.58 bits per heavy atom. The standard InChI is InChI=1S/C22H25N3O4S2/c1-16(26)23-20-13-18(7-8-21(20)29-2)31(27,28)25-11-9-24(10-12-25)14-17-15-30-22-6-4-3-5-19(17)22/h3-8,13,15H,9-12,14H2,1-2H3,(H,23,26). The van der Waals surface area contributed by atoms with Gasteiger partial charge >= 0.3 is 0 Å². The summed E-state index contributed by atoms with van der Waals surface area (Å²) in [6.45, 7) is 4.36. The van der Waals surface area contributed by atoms with Gasteiger partial charge in [0.1, 0.15) is 5.75 Å². The third kappa shape index (κ3) is 4.59. The molecule has 0 radical (unpaired) electrons. The van der Waals surface area contributed by atoms with E-state index >= 15 is 0 Å². The third-order valence-electron chi connectivity index (χ3n) is 5.41. The summed E-state index contributed by atoms with van der Waals surface area (Å²) >= 11 is 1.74. The van der Waals surface area contributed by atoms with Gasteiger partial charge in [-0.05, 0) is 40.6 Å². The van der Waals surface area contributed by atoms with Gasteiger partial charge in [0.05, 0.1) is 17.7 Å². The zero-order valence-corrected chi connectivity index (χ0v) is 19.1. The lowest BCUT2D eigenvalue weighted by atomic mass is 10.1. The minimum absolute atomic E-state index is 0.148. The minimum atomic E-state index is -3.66. The summed E-state index contributed by atoms with van der Waals surface area (Å²) in [5.74, 6) is 0.129. The average Bonchev–Trinajstić information content (AvgIpc) is 3.16. The molecule has 9 heteroatoms. The summed E-state index contributed by atoms with van der Waals surface area (Å²) in [6.07, 6.45) is 0. The molecule has 1 aromatic heterocycles. The Bertz CT molecular complexity index is 1200. The highest BCUT2D eigenvalue weighted by molar-refractivity contribution is 7.89. The highest BCUT2D eigenvalue weighted by atomic mass is 32.2. The molecule has 1 aliphatic heterocycles. The van der Waals surface area contributed by atoms with E-state index in [4.69, 9.17) is 4.74 Å². The van der Waals surface area contributed by atoms with Crippen molar-refractivity contribution in [2.45, 2.75) is 18.4 Å². The molecular formula is C22H25N3O4S2. The van der Waals surface area contributed by atoms with Crippen LogP contribution in [0.2, 0.25) is 0 Å². The van der Waals surface area contributed by atoms with Crippen molar-refractivity contribution in [2.75, 3.05) is 38.6 Å². The number of nitrogens with one attached hydrogen (secondary N) is 1. The number of piperazine rings is 1. The van der Waals surface area contributed by atoms with Crippen LogP contribution in [0.5, 0.6) is 5.75 Å². The Morgan fingerprint density at radius 2 is 1.87 bits per heavy atom. The lowest BCUT2D eigenvalue weighted by molar-refractivity contribution is -0.114. The molecule has 3 aromatic rings. The Kier molecular flexibility index (Phi) is 6.29. The number of anilines is 1. The predicted molar refractivity (Wildman–Crippen MR) is 123 cm³/mol. The van der Waals surface area contributed by atoms with Crippen molar-refractivity contribution in [2.24, 2.45) is 0 Å². The van der Waals surface area contributed by atoms with Crippen LogP contribution in [0, 0.1) is 0 Å². The molecule has 2 aromatic carbocycles. The molecule has 0 saturated carbocycles. The van der Waals surface area contributed by atoms with Crippen LogP contribution in [0.15, 0.2) is 52.7 Å². The van der Waals surface area contributed by atoms with Crippen molar-refractivity contribution in [3.63, 3.8) is 0 Å². The summed E-state index contributed by atoms with van der Waals surface area (Å²) in [6, 6.07) is 12.9. The average molecular weight is 460 g/mol. The highest BCUT2D eigenvalue weighted by Crippen LogP contribution is 2.30. The first kappa shape index (κ1) is 21.8. The summed E-state index contributed by atoms with van der Waals surface area (Å²) in [5, 5.41) is 6.09. The molecule has 0 bridgehead atoms. The van der Waals surface area contributed by atoms with Crippen LogP contribution in [0.3, 0.4) is 0 Å². The molecule has 0 unspecified atom stereocenters. The van der Waals surface area contributed by atoms with Gasteiger partial charge in [-0.3, -0.25) is 9.69 Å². The molecule has 0 aliphatic carbocycles. The van der Waals surface area contributed by atoms with Gasteiger partial charge in [-0.1, -0.05) is 18.2 Å². The number of hydrogen-bond donors (Lipinski definition) is 1. The predicted octanol–water partition coefficient (Wildman–Crippen LogP) is 3.37. The van der Waals surface area contributed by atoms with Gasteiger partial charge in [0.25, 0.3) is 0 Å². The number of methoxy groups -OCH3 is 1. The zero-order valence-electron chi connectivity index (χ0n) is 17.5. The molecule has 31 heavy (non-hydrogen) atoms. The first-order chi connectivity index (χ1) is 14.9. The van der Waals surface area contributed by atoms with E-state index in [1.54, 1.807) is 17.4 Å². The highest BCUT2D eigenvalue weighted by Gasteiger charge is 2.29. The van der Waals surface area contributed by atoms with Gasteiger partial charge in [0.2, 0.25) is 15.9 Å². The number of sulfonamides is 1. The second kappa shape index (κ2) is 8.96. The molecule has 1 fully saturated rings. The lowest BCUT2D eigenvalue weighted by Crippen LogP contribution is -2.48. The van der Waals surface area contributed by atoms with E-state index in [2.05, 4.69) is 27.7 Å².